The van der Waals surface area contributed by atoms with E-state index in [2.05, 4.69) is 5.32 Å². The maximum absolute atomic E-state index is 12.8. The molecule has 0 fully saturated rings. The molecule has 0 saturated carbocycles. The van der Waals surface area contributed by atoms with Crippen molar-refractivity contribution in [3.05, 3.63) is 52.5 Å². The summed E-state index contributed by atoms with van der Waals surface area (Å²) in [6.45, 7) is 1.40. The molecule has 1 aliphatic heterocycles. The van der Waals surface area contributed by atoms with Gasteiger partial charge in [-0.2, -0.15) is 0 Å². The van der Waals surface area contributed by atoms with E-state index in [4.69, 9.17) is 21.1 Å². The molecule has 0 unspecified atom stereocenters. The van der Waals surface area contributed by atoms with Gasteiger partial charge >= 0.3 is 0 Å². The van der Waals surface area contributed by atoms with Crippen LogP contribution in [-0.2, 0) is 22.6 Å². The zero-order chi connectivity index (χ0) is 21.7. The van der Waals surface area contributed by atoms with Crippen LogP contribution in [0.5, 0.6) is 11.5 Å². The van der Waals surface area contributed by atoms with Crippen molar-refractivity contribution in [2.75, 3.05) is 46.2 Å². The lowest BCUT2D eigenvalue weighted by Crippen LogP contribution is -2.43. The fourth-order valence-corrected chi connectivity index (χ4v) is 3.69. The van der Waals surface area contributed by atoms with Gasteiger partial charge in [-0.1, -0.05) is 17.7 Å². The van der Waals surface area contributed by atoms with Gasteiger partial charge in [-0.15, -0.1) is 0 Å². The van der Waals surface area contributed by atoms with Gasteiger partial charge in [0, 0.05) is 23.8 Å². The van der Waals surface area contributed by atoms with E-state index in [9.17, 15) is 9.59 Å². The summed E-state index contributed by atoms with van der Waals surface area (Å²) in [6.07, 6.45) is 0.750. The van der Waals surface area contributed by atoms with Crippen LogP contribution in [0.1, 0.15) is 11.1 Å². The lowest BCUT2D eigenvalue weighted by molar-refractivity contribution is -0.133. The van der Waals surface area contributed by atoms with Crippen molar-refractivity contribution in [3.8, 4) is 11.5 Å². The highest BCUT2D eigenvalue weighted by molar-refractivity contribution is 6.30. The van der Waals surface area contributed by atoms with E-state index in [0.717, 1.165) is 17.5 Å². The molecule has 8 heteroatoms. The molecule has 0 bridgehead atoms. The van der Waals surface area contributed by atoms with E-state index in [1.54, 1.807) is 55.3 Å². The van der Waals surface area contributed by atoms with Gasteiger partial charge in [0.2, 0.25) is 11.8 Å². The van der Waals surface area contributed by atoms with Crippen molar-refractivity contribution >= 4 is 29.1 Å². The van der Waals surface area contributed by atoms with Crippen molar-refractivity contribution in [2.24, 2.45) is 0 Å². The topological polar surface area (TPSA) is 71.1 Å². The number of fused-ring (bicyclic) bond motifs is 1. The predicted molar refractivity (Wildman–Crippen MR) is 116 cm³/mol. The van der Waals surface area contributed by atoms with E-state index < -0.39 is 0 Å². The lowest BCUT2D eigenvalue weighted by atomic mass is 9.98. The molecule has 0 aromatic heterocycles. The number of ether oxygens (including phenoxy) is 2. The zero-order valence-corrected chi connectivity index (χ0v) is 18.2. The number of halogens is 1. The molecule has 2 aromatic rings. The molecule has 160 valence electrons. The van der Waals surface area contributed by atoms with Gasteiger partial charge < -0.3 is 19.7 Å². The van der Waals surface area contributed by atoms with Gasteiger partial charge in [-0.05, 0) is 54.9 Å². The SMILES string of the molecule is COc1cc2c(cc1OC)CN(C(=O)CN(C)CC(=O)Nc1cccc(Cl)c1)CC2. The highest BCUT2D eigenvalue weighted by Gasteiger charge is 2.24. The first-order chi connectivity index (χ1) is 14.4. The Hall–Kier alpha value is -2.77. The Labute approximate surface area is 181 Å². The Morgan fingerprint density at radius 2 is 1.80 bits per heavy atom. The van der Waals surface area contributed by atoms with E-state index in [1.165, 1.54) is 0 Å². The van der Waals surface area contributed by atoms with Gasteiger partial charge in [0.05, 0.1) is 27.3 Å². The second-order valence-corrected chi connectivity index (χ2v) is 7.71. The summed E-state index contributed by atoms with van der Waals surface area (Å²) in [6, 6.07) is 10.9. The minimum Gasteiger partial charge on any atom is -0.493 e. The molecule has 2 aromatic carbocycles. The standard InChI is InChI=1S/C22H26ClN3O4/c1-25(13-21(27)24-18-6-4-5-17(23)11-18)14-22(28)26-8-7-15-9-19(29-2)20(30-3)10-16(15)12-26/h4-6,9-11H,7-8,12-14H2,1-3H3,(H,24,27). The van der Waals surface area contributed by atoms with Crippen LogP contribution in [0.2, 0.25) is 5.02 Å². The molecule has 1 N–H and O–H groups in total. The molecule has 1 heterocycles. The summed E-state index contributed by atoms with van der Waals surface area (Å²) in [7, 11) is 4.96. The van der Waals surface area contributed by atoms with E-state index in [1.807, 2.05) is 12.1 Å². The molecule has 0 saturated heterocycles. The Bertz CT molecular complexity index is 935. The fraction of sp³-hybridized carbons (Fsp3) is 0.364. The second-order valence-electron chi connectivity index (χ2n) is 7.27. The molecule has 0 spiro atoms. The Balaban J connectivity index is 1.55. The van der Waals surface area contributed by atoms with Gasteiger partial charge in [-0.3, -0.25) is 14.5 Å². The van der Waals surface area contributed by atoms with Crippen molar-refractivity contribution in [2.45, 2.75) is 13.0 Å². The summed E-state index contributed by atoms with van der Waals surface area (Å²) >= 11 is 5.93. The first kappa shape index (κ1) is 21.9. The van der Waals surface area contributed by atoms with Gasteiger partial charge in [-0.25, -0.2) is 0 Å². The van der Waals surface area contributed by atoms with Crippen molar-refractivity contribution in [3.63, 3.8) is 0 Å². The van der Waals surface area contributed by atoms with Crippen LogP contribution in [0, 0.1) is 0 Å². The van der Waals surface area contributed by atoms with Crippen LogP contribution in [0.3, 0.4) is 0 Å². The summed E-state index contributed by atoms with van der Waals surface area (Å²) < 4.78 is 10.7. The quantitative estimate of drug-likeness (QED) is 0.730. The van der Waals surface area contributed by atoms with Crippen LogP contribution in [-0.4, -0.2) is 62.5 Å². The Morgan fingerprint density at radius 1 is 1.10 bits per heavy atom. The van der Waals surface area contributed by atoms with Crippen LogP contribution < -0.4 is 14.8 Å². The van der Waals surface area contributed by atoms with Crippen LogP contribution >= 0.6 is 11.6 Å². The second kappa shape index (κ2) is 9.82. The zero-order valence-electron chi connectivity index (χ0n) is 17.4. The van der Waals surface area contributed by atoms with Crippen molar-refractivity contribution in [1.29, 1.82) is 0 Å². The third-order valence-electron chi connectivity index (χ3n) is 5.00. The molecule has 0 radical (unpaired) electrons. The molecule has 30 heavy (non-hydrogen) atoms. The molecular formula is C22H26ClN3O4. The normalized spacial score (nSPS) is 13.0. The number of carbonyl (C=O) groups excluding carboxylic acids is 2. The maximum atomic E-state index is 12.8. The number of methoxy groups -OCH3 is 2. The number of nitrogens with zero attached hydrogens (tertiary/aromatic N) is 2. The predicted octanol–water partition coefficient (Wildman–Crippen LogP) is 2.81. The molecule has 7 nitrogen and oxygen atoms in total. The number of nitrogens with one attached hydrogen (secondary N) is 1. The first-order valence-electron chi connectivity index (χ1n) is 9.65. The number of hydrogen-bond donors (Lipinski definition) is 1. The number of benzene rings is 2. The molecule has 2 amide bonds. The Kier molecular flexibility index (Phi) is 7.18. The molecule has 0 atom stereocenters. The number of carbonyl (C=O) groups is 2. The minimum atomic E-state index is -0.201. The van der Waals surface area contributed by atoms with Crippen molar-refractivity contribution < 1.29 is 19.1 Å². The van der Waals surface area contributed by atoms with Crippen LogP contribution in [0.15, 0.2) is 36.4 Å². The number of rotatable bonds is 7. The van der Waals surface area contributed by atoms with E-state index >= 15 is 0 Å². The monoisotopic (exact) mass is 431 g/mol. The minimum absolute atomic E-state index is 0.0199. The van der Waals surface area contributed by atoms with Gasteiger partial charge in [0.1, 0.15) is 0 Å². The number of likely N-dealkylation sites (N-methyl/N-ethyl adjacent to an activating group) is 1. The largest absolute Gasteiger partial charge is 0.493 e. The molecular weight excluding hydrogens is 406 g/mol. The summed E-state index contributed by atoms with van der Waals surface area (Å²) in [5, 5.41) is 3.34. The third-order valence-corrected chi connectivity index (χ3v) is 5.23. The third kappa shape index (κ3) is 5.43. The summed E-state index contributed by atoms with van der Waals surface area (Å²) in [5.74, 6) is 1.13. The maximum Gasteiger partial charge on any atom is 0.238 e. The highest BCUT2D eigenvalue weighted by atomic mass is 35.5. The lowest BCUT2D eigenvalue weighted by Gasteiger charge is -2.31. The smallest absolute Gasteiger partial charge is 0.238 e. The number of anilines is 1. The van der Waals surface area contributed by atoms with E-state index in [-0.39, 0.29) is 24.9 Å². The van der Waals surface area contributed by atoms with Gasteiger partial charge in [0.25, 0.3) is 0 Å². The fourth-order valence-electron chi connectivity index (χ4n) is 3.49. The average molecular weight is 432 g/mol. The summed E-state index contributed by atoms with van der Waals surface area (Å²) in [5.41, 5.74) is 2.84. The first-order valence-corrected chi connectivity index (χ1v) is 10.0. The highest BCUT2D eigenvalue weighted by Crippen LogP contribution is 2.33. The number of hydrogen-bond acceptors (Lipinski definition) is 5. The summed E-state index contributed by atoms with van der Waals surface area (Å²) in [4.78, 5) is 28.5. The van der Waals surface area contributed by atoms with Crippen LogP contribution in [0.25, 0.3) is 0 Å². The van der Waals surface area contributed by atoms with Crippen molar-refractivity contribution in [1.82, 2.24) is 9.80 Å². The molecule has 0 aliphatic carbocycles. The molecule has 1 aliphatic rings. The Morgan fingerprint density at radius 3 is 2.47 bits per heavy atom. The van der Waals surface area contributed by atoms with Gasteiger partial charge in [0.15, 0.2) is 11.5 Å². The van der Waals surface area contributed by atoms with E-state index in [0.29, 0.717) is 35.3 Å². The van der Waals surface area contributed by atoms with Crippen LogP contribution in [0.4, 0.5) is 5.69 Å². The average Bonchev–Trinajstić information content (AvgIpc) is 2.71. The molecule has 3 rings (SSSR count). The number of amides is 2.